The molecule has 144 valence electrons. The topological polar surface area (TPSA) is 77.8 Å². The van der Waals surface area contributed by atoms with Crippen LogP contribution in [0.4, 0.5) is 0 Å². The molecule has 1 saturated heterocycles. The van der Waals surface area contributed by atoms with E-state index in [4.69, 9.17) is 0 Å². The number of ketones is 1. The van der Waals surface area contributed by atoms with Crippen molar-refractivity contribution in [3.63, 3.8) is 0 Å². The van der Waals surface area contributed by atoms with Gasteiger partial charge in [-0.25, -0.2) is 0 Å². The van der Waals surface area contributed by atoms with E-state index in [9.17, 15) is 19.8 Å². The van der Waals surface area contributed by atoms with Gasteiger partial charge >= 0.3 is 0 Å². The highest BCUT2D eigenvalue weighted by atomic mass is 16.3. The number of hydrogen-bond acceptors (Lipinski definition) is 4. The molecular formula is C20H35NO4. The van der Waals surface area contributed by atoms with Crippen LogP contribution in [0.5, 0.6) is 0 Å². The number of rotatable bonds is 10. The quantitative estimate of drug-likeness (QED) is 0.467. The molecule has 25 heavy (non-hydrogen) atoms. The van der Waals surface area contributed by atoms with Gasteiger partial charge in [-0.1, -0.05) is 52.5 Å². The van der Waals surface area contributed by atoms with Gasteiger partial charge in [0.05, 0.1) is 18.1 Å². The minimum absolute atomic E-state index is 0.215. The summed E-state index contributed by atoms with van der Waals surface area (Å²) in [7, 11) is 0. The highest BCUT2D eigenvalue weighted by Crippen LogP contribution is 2.31. The third-order valence-electron chi connectivity index (χ3n) is 4.80. The molecule has 0 bridgehead atoms. The van der Waals surface area contributed by atoms with Gasteiger partial charge in [-0.2, -0.15) is 0 Å². The van der Waals surface area contributed by atoms with Gasteiger partial charge in [0.15, 0.2) is 5.78 Å². The number of carbonyl (C=O) groups is 2. The number of likely N-dealkylation sites (tertiary alicyclic amines) is 1. The molecular weight excluding hydrogens is 318 g/mol. The van der Waals surface area contributed by atoms with Gasteiger partial charge in [0, 0.05) is 0 Å². The van der Waals surface area contributed by atoms with Gasteiger partial charge in [-0.3, -0.25) is 9.59 Å². The minimum Gasteiger partial charge on any atom is -0.392 e. The Morgan fingerprint density at radius 1 is 1.20 bits per heavy atom. The Morgan fingerprint density at radius 3 is 2.40 bits per heavy atom. The molecule has 0 saturated carbocycles. The summed E-state index contributed by atoms with van der Waals surface area (Å²) in [4.78, 5) is 26.3. The lowest BCUT2D eigenvalue weighted by Crippen LogP contribution is -2.43. The van der Waals surface area contributed by atoms with E-state index in [0.29, 0.717) is 6.42 Å². The van der Waals surface area contributed by atoms with E-state index in [1.165, 1.54) is 37.2 Å². The van der Waals surface area contributed by atoms with E-state index in [0.717, 1.165) is 19.3 Å². The Bertz CT molecular complexity index is 459. The molecule has 0 aromatic heterocycles. The summed E-state index contributed by atoms with van der Waals surface area (Å²) in [5.74, 6) is -1.29. The van der Waals surface area contributed by atoms with Gasteiger partial charge in [-0.15, -0.1) is 0 Å². The molecule has 1 aliphatic rings. The van der Waals surface area contributed by atoms with Crippen LogP contribution in [-0.4, -0.2) is 45.2 Å². The first-order valence-corrected chi connectivity index (χ1v) is 9.69. The van der Waals surface area contributed by atoms with E-state index in [2.05, 4.69) is 6.92 Å². The maximum absolute atomic E-state index is 12.5. The first kappa shape index (κ1) is 21.8. The van der Waals surface area contributed by atoms with Crippen molar-refractivity contribution in [2.75, 3.05) is 0 Å². The van der Waals surface area contributed by atoms with Gasteiger partial charge in [0.2, 0.25) is 5.91 Å². The van der Waals surface area contributed by atoms with Gasteiger partial charge < -0.3 is 15.1 Å². The molecule has 5 heteroatoms. The lowest BCUT2D eigenvalue weighted by atomic mass is 9.93. The molecule has 3 unspecified atom stereocenters. The number of Topliss-reactive ketones (excluding diaryl/α,β-unsaturated/α-hetero) is 1. The molecule has 0 spiro atoms. The molecule has 1 heterocycles. The molecule has 0 radical (unpaired) electrons. The predicted octanol–water partition coefficient (Wildman–Crippen LogP) is 3.04. The number of carbonyl (C=O) groups excluding carboxylic acids is 2. The van der Waals surface area contributed by atoms with Crippen LogP contribution >= 0.6 is 0 Å². The summed E-state index contributed by atoms with van der Waals surface area (Å²) in [5, 5.41) is 20.3. The number of amides is 1. The molecule has 5 nitrogen and oxygen atoms in total. The van der Waals surface area contributed by atoms with Gasteiger partial charge in [0.25, 0.3) is 0 Å². The normalized spacial score (nSPS) is 25.3. The molecule has 1 rings (SSSR count). The zero-order valence-electron chi connectivity index (χ0n) is 16.1. The molecule has 1 fully saturated rings. The highest BCUT2D eigenvalue weighted by molar-refractivity contribution is 5.98. The largest absolute Gasteiger partial charge is 0.392 e. The molecule has 1 amide bonds. The third kappa shape index (κ3) is 6.23. The Kier molecular flexibility index (Phi) is 9.36. The number of unbranched alkanes of at least 4 members (excludes halogenated alkanes) is 5. The zero-order chi connectivity index (χ0) is 19.0. The Labute approximate surface area is 152 Å². The van der Waals surface area contributed by atoms with E-state index >= 15 is 0 Å². The fourth-order valence-corrected chi connectivity index (χ4v) is 3.45. The van der Waals surface area contributed by atoms with Gasteiger partial charge in [-0.05, 0) is 38.2 Å². The van der Waals surface area contributed by atoms with Crippen molar-refractivity contribution in [1.82, 2.24) is 4.90 Å². The lowest BCUT2D eigenvalue weighted by molar-refractivity contribution is -0.138. The number of aliphatic hydroxyl groups is 2. The van der Waals surface area contributed by atoms with Crippen LogP contribution in [0.2, 0.25) is 0 Å². The average Bonchev–Trinajstić information content (AvgIpc) is 2.76. The number of nitrogens with zero attached hydrogens (tertiary/aromatic N) is 1. The van der Waals surface area contributed by atoms with Crippen molar-refractivity contribution in [2.45, 2.75) is 91.0 Å². The van der Waals surface area contributed by atoms with Crippen molar-refractivity contribution < 1.29 is 19.8 Å². The summed E-state index contributed by atoms with van der Waals surface area (Å²) in [6.45, 7) is 7.61. The molecule has 2 N–H and O–H groups in total. The Morgan fingerprint density at radius 2 is 1.84 bits per heavy atom. The zero-order valence-corrected chi connectivity index (χ0v) is 16.1. The van der Waals surface area contributed by atoms with Crippen LogP contribution in [0.25, 0.3) is 0 Å². The number of allylic oxidation sites excluding steroid dienone is 1. The maximum Gasteiger partial charge on any atom is 0.248 e. The van der Waals surface area contributed by atoms with Crippen LogP contribution in [0.1, 0.15) is 72.6 Å². The predicted molar refractivity (Wildman–Crippen MR) is 98.8 cm³/mol. The Hall–Kier alpha value is -1.20. The summed E-state index contributed by atoms with van der Waals surface area (Å²) in [6, 6.07) is -0.656. The second-order valence-corrected chi connectivity index (χ2v) is 7.58. The SMILES string of the molecule is CCCCCCC/C=C/C(=O)N1C(O)C(C(C)O)C(=O)[C@H]1CC(C)C. The molecule has 0 aromatic rings. The molecule has 4 atom stereocenters. The van der Waals surface area contributed by atoms with Crippen LogP contribution in [0.15, 0.2) is 12.2 Å². The van der Waals surface area contributed by atoms with Crippen LogP contribution < -0.4 is 0 Å². The minimum atomic E-state index is -1.25. The van der Waals surface area contributed by atoms with Crippen molar-refractivity contribution in [3.8, 4) is 0 Å². The fourth-order valence-electron chi connectivity index (χ4n) is 3.45. The standard InChI is InChI=1S/C20H35NO4/c1-5-6-7-8-9-10-11-12-17(23)21-16(13-14(2)3)19(24)18(15(4)22)20(21)25/h11-12,14-16,18,20,22,25H,5-10,13H2,1-4H3/b12-11+/t15?,16-,18?,20?/m1/s1. The van der Waals surface area contributed by atoms with E-state index in [1.807, 2.05) is 19.9 Å². The van der Waals surface area contributed by atoms with E-state index in [1.54, 1.807) is 0 Å². The van der Waals surface area contributed by atoms with Gasteiger partial charge in [0.1, 0.15) is 6.23 Å². The van der Waals surface area contributed by atoms with Crippen LogP contribution in [0.3, 0.4) is 0 Å². The second kappa shape index (κ2) is 10.7. The average molecular weight is 354 g/mol. The first-order chi connectivity index (χ1) is 11.8. The third-order valence-corrected chi connectivity index (χ3v) is 4.80. The summed E-state index contributed by atoms with van der Waals surface area (Å²) in [5.41, 5.74) is 0. The first-order valence-electron chi connectivity index (χ1n) is 9.69. The fraction of sp³-hybridized carbons (Fsp3) is 0.800. The van der Waals surface area contributed by atoms with Crippen molar-refractivity contribution in [2.24, 2.45) is 11.8 Å². The lowest BCUT2D eigenvalue weighted by Gasteiger charge is -2.27. The van der Waals surface area contributed by atoms with E-state index < -0.39 is 24.3 Å². The molecule has 0 aliphatic carbocycles. The Balaban J connectivity index is 2.70. The second-order valence-electron chi connectivity index (χ2n) is 7.58. The molecule has 1 aliphatic heterocycles. The summed E-state index contributed by atoms with van der Waals surface area (Å²) in [6.07, 6.45) is 8.23. The molecule has 0 aromatic carbocycles. The number of hydrogen-bond donors (Lipinski definition) is 2. The van der Waals surface area contributed by atoms with Crippen molar-refractivity contribution in [1.29, 1.82) is 0 Å². The van der Waals surface area contributed by atoms with Crippen LogP contribution in [-0.2, 0) is 9.59 Å². The number of aliphatic hydroxyl groups excluding tert-OH is 2. The van der Waals surface area contributed by atoms with E-state index in [-0.39, 0.29) is 17.6 Å². The summed E-state index contributed by atoms with van der Waals surface area (Å²) >= 11 is 0. The van der Waals surface area contributed by atoms with Crippen molar-refractivity contribution >= 4 is 11.7 Å². The van der Waals surface area contributed by atoms with Crippen molar-refractivity contribution in [3.05, 3.63) is 12.2 Å². The monoisotopic (exact) mass is 353 g/mol. The summed E-state index contributed by atoms with van der Waals surface area (Å²) < 4.78 is 0. The smallest absolute Gasteiger partial charge is 0.248 e. The maximum atomic E-state index is 12.5. The van der Waals surface area contributed by atoms with Crippen LogP contribution in [0, 0.1) is 11.8 Å². The highest BCUT2D eigenvalue weighted by Gasteiger charge is 2.50.